The van der Waals surface area contributed by atoms with E-state index in [1.165, 1.54) is 12.8 Å². The lowest BCUT2D eigenvalue weighted by molar-refractivity contribution is 0.0385. The predicted octanol–water partition coefficient (Wildman–Crippen LogP) is 1.89. The van der Waals surface area contributed by atoms with Gasteiger partial charge < -0.3 is 15.2 Å². The fourth-order valence-electron chi connectivity index (χ4n) is 1.44. The van der Waals surface area contributed by atoms with E-state index in [4.69, 9.17) is 4.74 Å². The van der Waals surface area contributed by atoms with Crippen LogP contribution < -0.4 is 5.32 Å². The van der Waals surface area contributed by atoms with E-state index in [1.54, 1.807) is 6.20 Å². The van der Waals surface area contributed by atoms with E-state index in [0.717, 1.165) is 21.9 Å². The monoisotopic (exact) mass is 348 g/mol. The topological polar surface area (TPSA) is 54.4 Å². The maximum atomic E-state index is 9.72. The van der Waals surface area contributed by atoms with E-state index in [9.17, 15) is 5.11 Å². The fourth-order valence-corrected chi connectivity index (χ4v) is 1.98. The van der Waals surface area contributed by atoms with Crippen LogP contribution in [0.15, 0.2) is 18.3 Å². The quantitative estimate of drug-likeness (QED) is 0.739. The van der Waals surface area contributed by atoms with Crippen molar-refractivity contribution in [2.45, 2.75) is 18.9 Å². The van der Waals surface area contributed by atoms with Crippen LogP contribution in [-0.2, 0) is 4.74 Å². The summed E-state index contributed by atoms with van der Waals surface area (Å²) in [7, 11) is 0. The van der Waals surface area contributed by atoms with Crippen LogP contribution >= 0.6 is 22.6 Å². The van der Waals surface area contributed by atoms with E-state index < -0.39 is 6.10 Å². The lowest BCUT2D eigenvalue weighted by Gasteiger charge is -2.13. The zero-order valence-electron chi connectivity index (χ0n) is 9.60. The zero-order valence-corrected chi connectivity index (χ0v) is 11.8. The minimum absolute atomic E-state index is 0.396. The highest BCUT2D eigenvalue weighted by Crippen LogP contribution is 2.28. The largest absolute Gasteiger partial charge is 0.389 e. The molecule has 0 aliphatic heterocycles. The number of rotatable bonds is 7. The minimum atomic E-state index is -0.480. The zero-order chi connectivity index (χ0) is 12.1. The van der Waals surface area contributed by atoms with Crippen molar-refractivity contribution >= 4 is 28.4 Å². The molecule has 2 N–H and O–H groups in total. The maximum Gasteiger partial charge on any atom is 0.139 e. The van der Waals surface area contributed by atoms with Crippen molar-refractivity contribution < 1.29 is 9.84 Å². The first-order valence-corrected chi connectivity index (χ1v) is 6.94. The number of aliphatic hydroxyl groups is 1. The van der Waals surface area contributed by atoms with E-state index in [1.807, 2.05) is 12.1 Å². The Balaban J connectivity index is 1.64. The van der Waals surface area contributed by atoms with Crippen molar-refractivity contribution in [2.75, 3.05) is 25.1 Å². The first-order valence-electron chi connectivity index (χ1n) is 5.86. The highest BCUT2D eigenvalue weighted by Gasteiger charge is 2.21. The molecule has 2 rings (SSSR count). The molecule has 5 heteroatoms. The summed E-state index contributed by atoms with van der Waals surface area (Å²) < 4.78 is 6.48. The molecule has 1 aliphatic carbocycles. The second-order valence-corrected chi connectivity index (χ2v) is 5.51. The van der Waals surface area contributed by atoms with Gasteiger partial charge in [0.05, 0.1) is 16.3 Å². The van der Waals surface area contributed by atoms with Crippen LogP contribution in [0.2, 0.25) is 0 Å². The molecule has 4 nitrogen and oxygen atoms in total. The van der Waals surface area contributed by atoms with Gasteiger partial charge in [-0.1, -0.05) is 0 Å². The van der Waals surface area contributed by atoms with Crippen molar-refractivity contribution in [1.82, 2.24) is 4.98 Å². The molecule has 1 saturated carbocycles. The lowest BCUT2D eigenvalue weighted by Crippen LogP contribution is -2.25. The summed E-state index contributed by atoms with van der Waals surface area (Å²) in [5.41, 5.74) is 0. The Labute approximate surface area is 115 Å². The number of hydrogen-bond donors (Lipinski definition) is 2. The molecule has 0 bridgehead atoms. The van der Waals surface area contributed by atoms with Gasteiger partial charge in [-0.15, -0.1) is 0 Å². The van der Waals surface area contributed by atoms with Gasteiger partial charge in [-0.05, 0) is 53.5 Å². The van der Waals surface area contributed by atoms with Crippen LogP contribution in [0.3, 0.4) is 0 Å². The molecule has 0 amide bonds. The summed E-state index contributed by atoms with van der Waals surface area (Å²) in [5, 5.41) is 12.8. The van der Waals surface area contributed by atoms with E-state index in [-0.39, 0.29) is 0 Å². The number of anilines is 1. The van der Waals surface area contributed by atoms with Crippen LogP contribution in [0.5, 0.6) is 0 Å². The summed E-state index contributed by atoms with van der Waals surface area (Å²) in [5.74, 6) is 1.56. The highest BCUT2D eigenvalue weighted by atomic mass is 127. The summed E-state index contributed by atoms with van der Waals surface area (Å²) in [4.78, 5) is 4.20. The number of nitrogens with one attached hydrogen (secondary N) is 1. The first-order chi connectivity index (χ1) is 8.25. The Bertz CT molecular complexity index is 358. The molecule has 1 atom stereocenters. The number of ether oxygens (including phenoxy) is 1. The third kappa shape index (κ3) is 4.77. The van der Waals surface area contributed by atoms with Gasteiger partial charge >= 0.3 is 0 Å². The van der Waals surface area contributed by atoms with Gasteiger partial charge in [-0.3, -0.25) is 0 Å². The van der Waals surface area contributed by atoms with E-state index >= 15 is 0 Å². The smallest absolute Gasteiger partial charge is 0.139 e. The molecule has 0 spiro atoms. The van der Waals surface area contributed by atoms with Gasteiger partial charge in [0.25, 0.3) is 0 Å². The predicted molar refractivity (Wildman–Crippen MR) is 75.0 cm³/mol. The van der Waals surface area contributed by atoms with Crippen LogP contribution in [0.4, 0.5) is 5.82 Å². The maximum absolute atomic E-state index is 9.72. The van der Waals surface area contributed by atoms with Crippen molar-refractivity contribution in [2.24, 2.45) is 5.92 Å². The second kappa shape index (κ2) is 6.51. The second-order valence-electron chi connectivity index (χ2n) is 4.35. The molecule has 94 valence electrons. The van der Waals surface area contributed by atoms with Crippen LogP contribution in [-0.4, -0.2) is 36.0 Å². The van der Waals surface area contributed by atoms with Crippen molar-refractivity contribution in [3.8, 4) is 0 Å². The minimum Gasteiger partial charge on any atom is -0.389 e. The van der Waals surface area contributed by atoms with Crippen molar-refractivity contribution in [3.63, 3.8) is 0 Å². The van der Waals surface area contributed by atoms with Crippen LogP contribution in [0, 0.1) is 9.49 Å². The molecule has 0 aromatic carbocycles. The average molecular weight is 348 g/mol. The number of aliphatic hydroxyl groups excluding tert-OH is 1. The molecule has 17 heavy (non-hydrogen) atoms. The van der Waals surface area contributed by atoms with Gasteiger partial charge in [0.15, 0.2) is 0 Å². The van der Waals surface area contributed by atoms with Crippen LogP contribution in [0.1, 0.15) is 12.8 Å². The van der Waals surface area contributed by atoms with Crippen LogP contribution in [0.25, 0.3) is 0 Å². The summed E-state index contributed by atoms with van der Waals surface area (Å²) in [6.07, 6.45) is 3.81. The lowest BCUT2D eigenvalue weighted by atomic mass is 10.3. The highest BCUT2D eigenvalue weighted by molar-refractivity contribution is 14.1. The Kier molecular flexibility index (Phi) is 4.99. The number of halogens is 1. The normalized spacial score (nSPS) is 16.8. The third-order valence-corrected chi connectivity index (χ3v) is 3.49. The van der Waals surface area contributed by atoms with Gasteiger partial charge in [0, 0.05) is 19.3 Å². The van der Waals surface area contributed by atoms with Gasteiger partial charge in [-0.2, -0.15) is 0 Å². The average Bonchev–Trinajstić information content (AvgIpc) is 3.12. The molecule has 1 aliphatic rings. The molecule has 1 aromatic rings. The number of nitrogens with zero attached hydrogens (tertiary/aromatic N) is 1. The number of hydrogen-bond acceptors (Lipinski definition) is 4. The molecule has 1 fully saturated rings. The molecule has 1 unspecified atom stereocenters. The first kappa shape index (κ1) is 13.0. The molecular formula is C12H17IN2O2. The third-order valence-electron chi connectivity index (χ3n) is 2.62. The van der Waals surface area contributed by atoms with Crippen molar-refractivity contribution in [3.05, 3.63) is 21.9 Å². The van der Waals surface area contributed by atoms with Gasteiger partial charge in [0.1, 0.15) is 5.82 Å². The SMILES string of the molecule is OC(CNc1ncccc1I)COCC1CC1. The molecule has 1 heterocycles. The summed E-state index contributed by atoms with van der Waals surface area (Å²) >= 11 is 2.21. The molecule has 1 aromatic heterocycles. The Morgan fingerprint density at radius 1 is 1.59 bits per heavy atom. The van der Waals surface area contributed by atoms with Gasteiger partial charge in [-0.25, -0.2) is 4.98 Å². The Morgan fingerprint density at radius 3 is 3.12 bits per heavy atom. The number of aromatic nitrogens is 1. The summed E-state index contributed by atoms with van der Waals surface area (Å²) in [6.45, 7) is 1.66. The van der Waals surface area contributed by atoms with Gasteiger partial charge in [0.2, 0.25) is 0 Å². The Hall–Kier alpha value is -0.400. The summed E-state index contributed by atoms with van der Waals surface area (Å²) in [6, 6.07) is 3.87. The van der Waals surface area contributed by atoms with Crippen molar-refractivity contribution in [1.29, 1.82) is 0 Å². The molecule has 0 radical (unpaired) electrons. The van der Waals surface area contributed by atoms with E-state index in [0.29, 0.717) is 13.2 Å². The standard InChI is InChI=1S/C12H17IN2O2/c13-11-2-1-5-14-12(11)15-6-10(16)8-17-7-9-3-4-9/h1-2,5,9-10,16H,3-4,6-8H2,(H,14,15). The fraction of sp³-hybridized carbons (Fsp3) is 0.583. The number of pyridine rings is 1. The van der Waals surface area contributed by atoms with E-state index in [2.05, 4.69) is 32.9 Å². The molecular weight excluding hydrogens is 331 g/mol. The molecule has 0 saturated heterocycles. The Morgan fingerprint density at radius 2 is 2.41 bits per heavy atom.